The Bertz CT molecular complexity index is 766. The van der Waals surface area contributed by atoms with Crippen molar-refractivity contribution >= 4 is 22.7 Å². The number of nitrogens with zero attached hydrogens (tertiary/aromatic N) is 2. The molecule has 0 saturated heterocycles. The third-order valence-corrected chi connectivity index (χ3v) is 2.68. The van der Waals surface area contributed by atoms with Crippen LogP contribution in [0.15, 0.2) is 16.9 Å². The van der Waals surface area contributed by atoms with Crippen molar-refractivity contribution in [2.45, 2.75) is 13.8 Å². The number of hydrogen-bond donors (Lipinski definition) is 1. The predicted molar refractivity (Wildman–Crippen MR) is 69.7 cm³/mol. The molecule has 1 N–H and O–H groups in total. The normalized spacial score (nSPS) is 10.5. The monoisotopic (exact) mass is 277 g/mol. The van der Waals surface area contributed by atoms with Gasteiger partial charge in [-0.2, -0.15) is 0 Å². The first-order valence-corrected chi connectivity index (χ1v) is 5.80. The van der Waals surface area contributed by atoms with Gasteiger partial charge in [-0.05, 0) is 19.9 Å². The van der Waals surface area contributed by atoms with Crippen LogP contribution in [0.25, 0.3) is 11.0 Å². The van der Waals surface area contributed by atoms with Gasteiger partial charge in [0.25, 0.3) is 11.2 Å². The molecule has 0 bridgehead atoms. The van der Waals surface area contributed by atoms with Crippen molar-refractivity contribution in [2.24, 2.45) is 0 Å². The number of fused-ring (bicyclic) bond motifs is 1. The number of hydrogen-bond acceptors (Lipinski definition) is 6. The van der Waals surface area contributed by atoms with Crippen molar-refractivity contribution < 1.29 is 14.5 Å². The average molecular weight is 277 g/mol. The Morgan fingerprint density at radius 3 is 2.80 bits per heavy atom. The summed E-state index contributed by atoms with van der Waals surface area (Å²) in [5, 5.41) is 10.8. The smallest absolute Gasteiger partial charge is 0.362 e. The first-order valence-electron chi connectivity index (χ1n) is 5.80. The van der Waals surface area contributed by atoms with E-state index in [4.69, 9.17) is 4.74 Å². The molecule has 1 aromatic heterocycles. The lowest BCUT2D eigenvalue weighted by Crippen LogP contribution is -2.22. The number of aromatic amines is 1. The van der Waals surface area contributed by atoms with E-state index in [1.54, 1.807) is 13.8 Å². The summed E-state index contributed by atoms with van der Waals surface area (Å²) in [5.74, 6) is -0.827. The maximum absolute atomic E-state index is 11.7. The minimum Gasteiger partial charge on any atom is -0.461 e. The molecule has 1 aromatic carbocycles. The Morgan fingerprint density at radius 1 is 1.50 bits per heavy atom. The zero-order valence-corrected chi connectivity index (χ0v) is 10.8. The zero-order chi connectivity index (χ0) is 14.9. The summed E-state index contributed by atoms with van der Waals surface area (Å²) < 4.78 is 4.72. The summed E-state index contributed by atoms with van der Waals surface area (Å²) in [4.78, 5) is 39.9. The number of aromatic nitrogens is 2. The van der Waals surface area contributed by atoms with Gasteiger partial charge in [-0.15, -0.1) is 0 Å². The van der Waals surface area contributed by atoms with Gasteiger partial charge in [-0.3, -0.25) is 14.9 Å². The largest absolute Gasteiger partial charge is 0.461 e. The molecule has 1 heterocycles. The van der Waals surface area contributed by atoms with E-state index in [0.717, 1.165) is 0 Å². The van der Waals surface area contributed by atoms with E-state index in [1.165, 1.54) is 12.1 Å². The minimum absolute atomic E-state index is 0.122. The number of benzene rings is 1. The molecular weight excluding hydrogens is 266 g/mol. The summed E-state index contributed by atoms with van der Waals surface area (Å²) in [6, 6.07) is 2.65. The van der Waals surface area contributed by atoms with Crippen molar-refractivity contribution in [2.75, 3.05) is 6.61 Å². The van der Waals surface area contributed by atoms with E-state index in [9.17, 15) is 19.7 Å². The van der Waals surface area contributed by atoms with Gasteiger partial charge in [0.15, 0.2) is 0 Å². The molecule has 8 nitrogen and oxygen atoms in total. The van der Waals surface area contributed by atoms with E-state index in [0.29, 0.717) is 5.56 Å². The van der Waals surface area contributed by atoms with Crippen molar-refractivity contribution in [3.63, 3.8) is 0 Å². The second kappa shape index (κ2) is 5.08. The number of rotatable bonds is 3. The highest BCUT2D eigenvalue weighted by atomic mass is 16.6. The summed E-state index contributed by atoms with van der Waals surface area (Å²) in [6.07, 6.45) is 0. The average Bonchev–Trinajstić information content (AvgIpc) is 2.37. The molecule has 2 rings (SSSR count). The maximum Gasteiger partial charge on any atom is 0.362 e. The first-order chi connectivity index (χ1) is 9.43. The number of aryl methyl sites for hydroxylation is 1. The van der Waals surface area contributed by atoms with Gasteiger partial charge < -0.3 is 9.72 Å². The van der Waals surface area contributed by atoms with Crippen molar-refractivity contribution in [1.29, 1.82) is 0 Å². The number of nitro benzene ring substituents is 1. The molecule has 2 aromatic rings. The lowest BCUT2D eigenvalue weighted by Gasteiger charge is -2.04. The van der Waals surface area contributed by atoms with Crippen LogP contribution in [0.5, 0.6) is 0 Å². The van der Waals surface area contributed by atoms with Gasteiger partial charge in [0.1, 0.15) is 0 Å². The molecule has 0 atom stereocenters. The van der Waals surface area contributed by atoms with Gasteiger partial charge in [0.2, 0.25) is 5.69 Å². The van der Waals surface area contributed by atoms with E-state index in [1.807, 2.05) is 0 Å². The molecule has 0 amide bonds. The molecule has 0 fully saturated rings. The van der Waals surface area contributed by atoms with Gasteiger partial charge >= 0.3 is 5.97 Å². The van der Waals surface area contributed by atoms with Crippen LogP contribution >= 0.6 is 0 Å². The Balaban J connectivity index is 2.66. The van der Waals surface area contributed by atoms with Crippen LogP contribution in [0, 0.1) is 17.0 Å². The Morgan fingerprint density at radius 2 is 2.20 bits per heavy atom. The highest BCUT2D eigenvalue weighted by molar-refractivity contribution is 5.89. The molecule has 0 aliphatic rings. The molecule has 20 heavy (non-hydrogen) atoms. The van der Waals surface area contributed by atoms with Gasteiger partial charge in [-0.1, -0.05) is 0 Å². The third-order valence-electron chi connectivity index (χ3n) is 2.68. The van der Waals surface area contributed by atoms with Crippen molar-refractivity contribution in [3.8, 4) is 0 Å². The summed E-state index contributed by atoms with van der Waals surface area (Å²) in [5.41, 5.74) is -0.367. The maximum atomic E-state index is 11.7. The fraction of sp³-hybridized carbons (Fsp3) is 0.250. The van der Waals surface area contributed by atoms with Crippen LogP contribution in [0.2, 0.25) is 0 Å². The fourth-order valence-corrected chi connectivity index (χ4v) is 1.76. The number of ether oxygens (including phenoxy) is 1. The summed E-state index contributed by atoms with van der Waals surface area (Å²) in [7, 11) is 0. The van der Waals surface area contributed by atoms with E-state index in [-0.39, 0.29) is 29.0 Å². The van der Waals surface area contributed by atoms with E-state index in [2.05, 4.69) is 9.97 Å². The lowest BCUT2D eigenvalue weighted by atomic mass is 10.1. The fourth-order valence-electron chi connectivity index (χ4n) is 1.76. The number of carbonyl (C=O) groups excluding carboxylic acids is 1. The highest BCUT2D eigenvalue weighted by Gasteiger charge is 2.18. The standard InChI is InChI=1S/C12H11N3O5/c1-3-20-12(17)10-11(16)14-8-5-9(15(18)19)6(2)4-7(8)13-10/h4-5H,3H2,1-2H3,(H,14,16). The lowest BCUT2D eigenvalue weighted by molar-refractivity contribution is -0.385. The second-order valence-corrected chi connectivity index (χ2v) is 4.05. The van der Waals surface area contributed by atoms with Crippen molar-refractivity contribution in [1.82, 2.24) is 9.97 Å². The van der Waals surface area contributed by atoms with Gasteiger partial charge in [-0.25, -0.2) is 9.78 Å². The van der Waals surface area contributed by atoms with Gasteiger partial charge in [0.05, 0.1) is 22.6 Å². The molecule has 0 unspecified atom stereocenters. The predicted octanol–water partition coefficient (Wildman–Crippen LogP) is 1.32. The molecule has 0 aliphatic carbocycles. The molecule has 0 radical (unpaired) electrons. The number of nitrogens with one attached hydrogen (secondary N) is 1. The first kappa shape index (κ1) is 13.7. The Labute approximate surface area is 112 Å². The summed E-state index contributed by atoms with van der Waals surface area (Å²) in [6.45, 7) is 3.28. The van der Waals surface area contributed by atoms with Crippen LogP contribution in [-0.4, -0.2) is 27.5 Å². The van der Waals surface area contributed by atoms with Crippen molar-refractivity contribution in [3.05, 3.63) is 43.9 Å². The van der Waals surface area contributed by atoms with E-state index < -0.39 is 16.5 Å². The quantitative estimate of drug-likeness (QED) is 0.514. The molecule has 104 valence electrons. The van der Waals surface area contributed by atoms with Crippen LogP contribution in [0.3, 0.4) is 0 Å². The van der Waals surface area contributed by atoms with Crippen LogP contribution in [-0.2, 0) is 4.74 Å². The molecule has 8 heteroatoms. The molecule has 0 saturated carbocycles. The molecular formula is C12H11N3O5. The highest BCUT2D eigenvalue weighted by Crippen LogP contribution is 2.22. The van der Waals surface area contributed by atoms with Gasteiger partial charge in [0, 0.05) is 11.6 Å². The van der Waals surface area contributed by atoms with Crippen LogP contribution < -0.4 is 5.56 Å². The van der Waals surface area contributed by atoms with Crippen LogP contribution in [0.4, 0.5) is 5.69 Å². The number of carbonyl (C=O) groups is 1. The topological polar surface area (TPSA) is 115 Å². The Hall–Kier alpha value is -2.77. The Kier molecular flexibility index (Phi) is 3.47. The minimum atomic E-state index is -0.827. The zero-order valence-electron chi connectivity index (χ0n) is 10.8. The summed E-state index contributed by atoms with van der Waals surface area (Å²) >= 11 is 0. The SMILES string of the molecule is CCOC(=O)c1nc2cc(C)c([N+](=O)[O-])cc2[nH]c1=O. The third kappa shape index (κ3) is 2.35. The van der Waals surface area contributed by atoms with Crippen LogP contribution in [0.1, 0.15) is 23.0 Å². The molecule has 0 spiro atoms. The van der Waals surface area contributed by atoms with E-state index >= 15 is 0 Å². The number of esters is 1. The second-order valence-electron chi connectivity index (χ2n) is 4.05. The number of nitro groups is 1. The number of H-pyrrole nitrogens is 1. The molecule has 0 aliphatic heterocycles.